The van der Waals surface area contributed by atoms with E-state index in [0.29, 0.717) is 12.4 Å². The SMILES string of the molecule is O=C(NCCNc1cc(N2CCCC2)cnn1)c1c(F)cccc1F. The topological polar surface area (TPSA) is 70.2 Å². The third kappa shape index (κ3) is 4.20. The van der Waals surface area contributed by atoms with Crippen molar-refractivity contribution in [3.8, 4) is 0 Å². The molecule has 0 saturated carbocycles. The highest BCUT2D eigenvalue weighted by Crippen LogP contribution is 2.20. The van der Waals surface area contributed by atoms with Gasteiger partial charge in [0, 0.05) is 32.2 Å². The maximum Gasteiger partial charge on any atom is 0.257 e. The smallest absolute Gasteiger partial charge is 0.257 e. The van der Waals surface area contributed by atoms with Gasteiger partial charge in [-0.15, -0.1) is 5.10 Å². The molecule has 0 bridgehead atoms. The third-order valence-corrected chi connectivity index (χ3v) is 4.02. The van der Waals surface area contributed by atoms with Crippen LogP contribution in [0.4, 0.5) is 20.3 Å². The zero-order chi connectivity index (χ0) is 17.6. The van der Waals surface area contributed by atoms with Gasteiger partial charge < -0.3 is 15.5 Å². The second-order valence-corrected chi connectivity index (χ2v) is 5.77. The van der Waals surface area contributed by atoms with Crippen molar-refractivity contribution in [3.05, 3.63) is 47.7 Å². The van der Waals surface area contributed by atoms with Crippen molar-refractivity contribution in [2.75, 3.05) is 36.4 Å². The van der Waals surface area contributed by atoms with Gasteiger partial charge in [0.05, 0.1) is 11.9 Å². The second-order valence-electron chi connectivity index (χ2n) is 5.77. The van der Waals surface area contributed by atoms with Crippen molar-refractivity contribution in [2.45, 2.75) is 12.8 Å². The van der Waals surface area contributed by atoms with Crippen LogP contribution in [-0.4, -0.2) is 42.3 Å². The molecule has 1 saturated heterocycles. The Kier molecular flexibility index (Phi) is 5.37. The molecule has 2 aromatic rings. The van der Waals surface area contributed by atoms with E-state index in [1.54, 1.807) is 6.20 Å². The van der Waals surface area contributed by atoms with Gasteiger partial charge in [0.15, 0.2) is 5.82 Å². The molecule has 1 fully saturated rings. The quantitative estimate of drug-likeness (QED) is 0.784. The number of benzene rings is 1. The molecule has 2 heterocycles. The fourth-order valence-corrected chi connectivity index (χ4v) is 2.76. The summed E-state index contributed by atoms with van der Waals surface area (Å²) in [6, 6.07) is 5.22. The molecule has 1 aromatic carbocycles. The molecule has 25 heavy (non-hydrogen) atoms. The van der Waals surface area contributed by atoms with Gasteiger partial charge in [0.2, 0.25) is 0 Å². The van der Waals surface area contributed by atoms with E-state index in [1.807, 2.05) is 6.07 Å². The Labute approximate surface area is 144 Å². The zero-order valence-electron chi connectivity index (χ0n) is 13.6. The Bertz CT molecular complexity index is 729. The minimum Gasteiger partial charge on any atom is -0.370 e. The number of rotatable bonds is 6. The van der Waals surface area contributed by atoms with Gasteiger partial charge in [-0.3, -0.25) is 4.79 Å². The number of halogens is 2. The molecule has 1 aliphatic rings. The molecule has 2 N–H and O–H groups in total. The van der Waals surface area contributed by atoms with Gasteiger partial charge in [-0.1, -0.05) is 6.07 Å². The lowest BCUT2D eigenvalue weighted by Crippen LogP contribution is -2.30. The van der Waals surface area contributed by atoms with E-state index in [4.69, 9.17) is 0 Å². The summed E-state index contributed by atoms with van der Waals surface area (Å²) in [6.45, 7) is 2.58. The van der Waals surface area contributed by atoms with E-state index in [-0.39, 0.29) is 6.54 Å². The summed E-state index contributed by atoms with van der Waals surface area (Å²) in [5.41, 5.74) is 0.436. The number of nitrogens with zero attached hydrogens (tertiary/aromatic N) is 3. The fraction of sp³-hybridized carbons (Fsp3) is 0.353. The van der Waals surface area contributed by atoms with E-state index >= 15 is 0 Å². The molecule has 3 rings (SSSR count). The number of amides is 1. The van der Waals surface area contributed by atoms with Crippen molar-refractivity contribution in [1.29, 1.82) is 0 Å². The molecule has 6 nitrogen and oxygen atoms in total. The molecule has 0 aliphatic carbocycles. The minimum absolute atomic E-state index is 0.197. The van der Waals surface area contributed by atoms with E-state index < -0.39 is 23.1 Å². The highest BCUT2D eigenvalue weighted by molar-refractivity contribution is 5.94. The molecule has 8 heteroatoms. The van der Waals surface area contributed by atoms with Crippen LogP contribution >= 0.6 is 0 Å². The number of anilines is 2. The Hall–Kier alpha value is -2.77. The molecule has 0 radical (unpaired) electrons. The predicted molar refractivity (Wildman–Crippen MR) is 90.7 cm³/mol. The zero-order valence-corrected chi connectivity index (χ0v) is 13.6. The van der Waals surface area contributed by atoms with E-state index in [1.165, 1.54) is 18.9 Å². The van der Waals surface area contributed by atoms with Crippen LogP contribution < -0.4 is 15.5 Å². The van der Waals surface area contributed by atoms with Gasteiger partial charge in [-0.2, -0.15) is 5.10 Å². The number of carbonyl (C=O) groups excluding carboxylic acids is 1. The summed E-state index contributed by atoms with van der Waals surface area (Å²) in [6.07, 6.45) is 4.06. The number of hydrogen-bond acceptors (Lipinski definition) is 5. The Morgan fingerprint density at radius 2 is 1.88 bits per heavy atom. The summed E-state index contributed by atoms with van der Waals surface area (Å²) < 4.78 is 27.1. The maximum atomic E-state index is 13.5. The van der Waals surface area contributed by atoms with Crippen molar-refractivity contribution in [3.63, 3.8) is 0 Å². The van der Waals surface area contributed by atoms with Crippen LogP contribution in [-0.2, 0) is 0 Å². The van der Waals surface area contributed by atoms with Crippen LogP contribution in [0, 0.1) is 11.6 Å². The van der Waals surface area contributed by atoms with Crippen LogP contribution in [0.25, 0.3) is 0 Å². The molecule has 0 unspecified atom stereocenters. The monoisotopic (exact) mass is 347 g/mol. The lowest BCUT2D eigenvalue weighted by molar-refractivity contribution is 0.0946. The molecule has 132 valence electrons. The minimum atomic E-state index is -0.880. The molecule has 1 aliphatic heterocycles. The van der Waals surface area contributed by atoms with Crippen LogP contribution in [0.3, 0.4) is 0 Å². The van der Waals surface area contributed by atoms with Crippen LogP contribution in [0.15, 0.2) is 30.5 Å². The first-order chi connectivity index (χ1) is 12.1. The summed E-state index contributed by atoms with van der Waals surface area (Å²) in [4.78, 5) is 14.1. The molecule has 0 spiro atoms. The Morgan fingerprint density at radius 1 is 1.16 bits per heavy atom. The van der Waals surface area contributed by atoms with Crippen molar-refractivity contribution >= 4 is 17.4 Å². The van der Waals surface area contributed by atoms with Crippen LogP contribution in [0.5, 0.6) is 0 Å². The third-order valence-electron chi connectivity index (χ3n) is 4.02. The summed E-state index contributed by atoms with van der Waals surface area (Å²) in [5.74, 6) is -1.95. The highest BCUT2D eigenvalue weighted by atomic mass is 19.1. The van der Waals surface area contributed by atoms with Crippen molar-refractivity contribution in [1.82, 2.24) is 15.5 Å². The first-order valence-corrected chi connectivity index (χ1v) is 8.19. The van der Waals surface area contributed by atoms with Gasteiger partial charge in [-0.25, -0.2) is 8.78 Å². The second kappa shape index (κ2) is 7.87. The number of nitrogens with one attached hydrogen (secondary N) is 2. The van der Waals surface area contributed by atoms with E-state index in [0.717, 1.165) is 30.9 Å². The van der Waals surface area contributed by atoms with Crippen molar-refractivity contribution in [2.24, 2.45) is 0 Å². The lowest BCUT2D eigenvalue weighted by Gasteiger charge is -2.17. The summed E-state index contributed by atoms with van der Waals surface area (Å²) in [7, 11) is 0. The lowest BCUT2D eigenvalue weighted by atomic mass is 10.2. The van der Waals surface area contributed by atoms with Gasteiger partial charge in [-0.05, 0) is 25.0 Å². The van der Waals surface area contributed by atoms with Gasteiger partial charge in [0.25, 0.3) is 5.91 Å². The standard InChI is InChI=1S/C17H19F2N5O/c18-13-4-3-5-14(19)16(13)17(25)21-7-6-20-15-10-12(11-22-23-15)24-8-1-2-9-24/h3-5,10-11H,1-2,6-9H2,(H,20,23)(H,21,25). The van der Waals surface area contributed by atoms with E-state index in [9.17, 15) is 13.6 Å². The number of aromatic nitrogens is 2. The number of carbonyl (C=O) groups is 1. The average Bonchev–Trinajstić information content (AvgIpc) is 3.13. The highest BCUT2D eigenvalue weighted by Gasteiger charge is 2.16. The van der Waals surface area contributed by atoms with Gasteiger partial charge >= 0.3 is 0 Å². The normalized spacial score (nSPS) is 13.8. The first kappa shape index (κ1) is 17.1. The number of hydrogen-bond donors (Lipinski definition) is 2. The molecular weight excluding hydrogens is 328 g/mol. The van der Waals surface area contributed by atoms with E-state index in [2.05, 4.69) is 25.7 Å². The van der Waals surface area contributed by atoms with Gasteiger partial charge in [0.1, 0.15) is 17.2 Å². The van der Waals surface area contributed by atoms with Crippen molar-refractivity contribution < 1.29 is 13.6 Å². The molecular formula is C17H19F2N5O. The average molecular weight is 347 g/mol. The fourth-order valence-electron chi connectivity index (χ4n) is 2.76. The maximum absolute atomic E-state index is 13.5. The summed E-state index contributed by atoms with van der Waals surface area (Å²) in [5, 5.41) is 13.5. The largest absolute Gasteiger partial charge is 0.370 e. The van der Waals surface area contributed by atoms with Crippen LogP contribution in [0.1, 0.15) is 23.2 Å². The Morgan fingerprint density at radius 3 is 2.60 bits per heavy atom. The van der Waals surface area contributed by atoms with Crippen LogP contribution in [0.2, 0.25) is 0 Å². The first-order valence-electron chi connectivity index (χ1n) is 8.19. The Balaban J connectivity index is 1.50. The molecule has 1 aromatic heterocycles. The molecule has 1 amide bonds. The summed E-state index contributed by atoms with van der Waals surface area (Å²) >= 11 is 0. The predicted octanol–water partition coefficient (Wildman–Crippen LogP) is 2.20. The molecule has 0 atom stereocenters.